The summed E-state index contributed by atoms with van der Waals surface area (Å²) >= 11 is 5.83. The summed E-state index contributed by atoms with van der Waals surface area (Å²) < 4.78 is 68.4. The lowest BCUT2D eigenvalue weighted by Gasteiger charge is -2.31. The van der Waals surface area contributed by atoms with Crippen LogP contribution in [0.4, 0.5) is 19.1 Å². The van der Waals surface area contributed by atoms with Gasteiger partial charge in [-0.3, -0.25) is 4.79 Å². The number of ether oxygens (including phenoxy) is 1. The molecule has 1 aromatic carbocycles. The SMILES string of the molecule is CS(=O)(=O)CCNc1cc(C2CCN(C(=O)c3ccc(OC(F)(F)F)c(Cl)c3)CC2)no1. The third-order valence-corrected chi connectivity index (χ3v) is 6.15. The maximum Gasteiger partial charge on any atom is 0.573 e. The van der Waals surface area contributed by atoms with Crippen LogP contribution in [0, 0.1) is 0 Å². The number of rotatable bonds is 7. The van der Waals surface area contributed by atoms with Crippen molar-refractivity contribution >= 4 is 33.2 Å². The zero-order chi connectivity index (χ0) is 23.5. The lowest BCUT2D eigenvalue weighted by Crippen LogP contribution is -2.38. The molecule has 176 valence electrons. The van der Waals surface area contributed by atoms with Crippen LogP contribution < -0.4 is 10.1 Å². The van der Waals surface area contributed by atoms with Gasteiger partial charge in [-0.15, -0.1) is 13.2 Å². The summed E-state index contributed by atoms with van der Waals surface area (Å²) in [5, 5.41) is 6.58. The van der Waals surface area contributed by atoms with E-state index in [-0.39, 0.29) is 34.7 Å². The summed E-state index contributed by atoms with van der Waals surface area (Å²) in [6.45, 7) is 1.05. The molecule has 0 saturated carbocycles. The first-order valence-electron chi connectivity index (χ1n) is 9.64. The van der Waals surface area contributed by atoms with Gasteiger partial charge in [-0.05, 0) is 31.0 Å². The summed E-state index contributed by atoms with van der Waals surface area (Å²) in [4.78, 5) is 14.3. The highest BCUT2D eigenvalue weighted by molar-refractivity contribution is 7.90. The molecule has 0 aliphatic carbocycles. The number of benzene rings is 1. The largest absolute Gasteiger partial charge is 0.573 e. The Morgan fingerprint density at radius 3 is 2.59 bits per heavy atom. The summed E-state index contributed by atoms with van der Waals surface area (Å²) in [6, 6.07) is 5.13. The highest BCUT2D eigenvalue weighted by atomic mass is 35.5. The second-order valence-corrected chi connectivity index (χ2v) is 10.1. The van der Waals surface area contributed by atoms with Gasteiger partial charge < -0.3 is 19.5 Å². The molecule has 2 heterocycles. The van der Waals surface area contributed by atoms with E-state index in [1.807, 2.05) is 0 Å². The maximum absolute atomic E-state index is 12.7. The summed E-state index contributed by atoms with van der Waals surface area (Å²) in [5.41, 5.74) is 0.873. The highest BCUT2D eigenvalue weighted by Gasteiger charge is 2.32. The molecule has 0 radical (unpaired) electrons. The average Bonchev–Trinajstić information content (AvgIpc) is 3.16. The van der Waals surface area contributed by atoms with Crippen molar-refractivity contribution in [2.45, 2.75) is 25.1 Å². The van der Waals surface area contributed by atoms with Crippen LogP contribution in [0.15, 0.2) is 28.8 Å². The van der Waals surface area contributed by atoms with Crippen molar-refractivity contribution in [3.8, 4) is 5.75 Å². The molecule has 1 fully saturated rings. The predicted molar refractivity (Wildman–Crippen MR) is 111 cm³/mol. The molecule has 13 heteroatoms. The van der Waals surface area contributed by atoms with Crippen LogP contribution in [-0.2, 0) is 9.84 Å². The van der Waals surface area contributed by atoms with Crippen LogP contribution >= 0.6 is 11.6 Å². The zero-order valence-corrected chi connectivity index (χ0v) is 18.6. The summed E-state index contributed by atoms with van der Waals surface area (Å²) in [5.74, 6) is -0.511. The van der Waals surface area contributed by atoms with Gasteiger partial charge in [-0.1, -0.05) is 16.8 Å². The standard InChI is InChI=1S/C19H21ClF3N3O5S/c1-32(28,29)9-6-24-17-11-15(25-31-17)12-4-7-26(8-5-12)18(27)13-2-3-16(14(20)10-13)30-19(21,22)23/h2-3,10-12,24H,4-9H2,1H3. The van der Waals surface area contributed by atoms with Crippen LogP contribution in [0.2, 0.25) is 5.02 Å². The fourth-order valence-electron chi connectivity index (χ4n) is 3.33. The molecule has 1 aliphatic heterocycles. The number of carbonyl (C=O) groups excluding carboxylic acids is 1. The molecule has 1 N–H and O–H groups in total. The summed E-state index contributed by atoms with van der Waals surface area (Å²) in [7, 11) is -3.09. The van der Waals surface area contributed by atoms with E-state index in [9.17, 15) is 26.4 Å². The van der Waals surface area contributed by atoms with Gasteiger partial charge >= 0.3 is 6.36 Å². The predicted octanol–water partition coefficient (Wildman–Crippen LogP) is 3.70. The quantitative estimate of drug-likeness (QED) is 0.624. The van der Waals surface area contributed by atoms with Crippen molar-refractivity contribution in [1.29, 1.82) is 0 Å². The first-order chi connectivity index (χ1) is 14.9. The molecule has 0 unspecified atom stereocenters. The smallest absolute Gasteiger partial charge is 0.404 e. The number of aromatic nitrogens is 1. The van der Waals surface area contributed by atoms with Crippen molar-refractivity contribution in [2.75, 3.05) is 37.0 Å². The van der Waals surface area contributed by atoms with Crippen molar-refractivity contribution in [1.82, 2.24) is 10.1 Å². The van der Waals surface area contributed by atoms with Crippen LogP contribution in [0.1, 0.15) is 34.8 Å². The van der Waals surface area contributed by atoms with Gasteiger partial charge in [0, 0.05) is 43.4 Å². The highest BCUT2D eigenvalue weighted by Crippen LogP contribution is 2.32. The molecular formula is C19H21ClF3N3O5S. The number of sulfone groups is 1. The van der Waals surface area contributed by atoms with Gasteiger partial charge in [0.2, 0.25) is 5.88 Å². The number of nitrogens with zero attached hydrogens (tertiary/aromatic N) is 2. The molecule has 0 bridgehead atoms. The minimum atomic E-state index is -4.87. The van der Waals surface area contributed by atoms with E-state index in [1.54, 1.807) is 11.0 Å². The van der Waals surface area contributed by atoms with E-state index >= 15 is 0 Å². The Morgan fingerprint density at radius 2 is 2.00 bits per heavy atom. The normalized spacial score (nSPS) is 15.6. The molecule has 0 atom stereocenters. The Labute approximate surface area is 187 Å². The van der Waals surface area contributed by atoms with Crippen LogP contribution in [0.25, 0.3) is 0 Å². The molecule has 1 amide bonds. The number of nitrogens with one attached hydrogen (secondary N) is 1. The lowest BCUT2D eigenvalue weighted by atomic mass is 9.93. The molecule has 1 aliphatic rings. The molecule has 32 heavy (non-hydrogen) atoms. The fourth-order valence-corrected chi connectivity index (χ4v) is 4.02. The minimum Gasteiger partial charge on any atom is -0.404 e. The molecule has 3 rings (SSSR count). The van der Waals surface area contributed by atoms with E-state index in [4.69, 9.17) is 16.1 Å². The van der Waals surface area contributed by atoms with Crippen molar-refractivity contribution < 1.29 is 35.6 Å². The number of alkyl halides is 3. The van der Waals surface area contributed by atoms with Crippen LogP contribution in [0.3, 0.4) is 0 Å². The number of anilines is 1. The Bertz CT molecular complexity index is 1070. The van der Waals surface area contributed by atoms with Gasteiger partial charge in [0.05, 0.1) is 16.5 Å². The molecule has 8 nitrogen and oxygen atoms in total. The number of hydrogen-bond acceptors (Lipinski definition) is 7. The van der Waals surface area contributed by atoms with Gasteiger partial charge in [0.15, 0.2) is 0 Å². The first-order valence-corrected chi connectivity index (χ1v) is 12.1. The topological polar surface area (TPSA) is 102 Å². The Morgan fingerprint density at radius 1 is 1.31 bits per heavy atom. The van der Waals surface area contributed by atoms with Gasteiger partial charge in [0.25, 0.3) is 5.91 Å². The number of amides is 1. The van der Waals surface area contributed by atoms with Gasteiger partial charge in [-0.25, -0.2) is 8.42 Å². The number of hydrogen-bond donors (Lipinski definition) is 1. The number of piperidine rings is 1. The minimum absolute atomic E-state index is 0.0309. The summed E-state index contributed by atoms with van der Waals surface area (Å²) in [6.07, 6.45) is -2.50. The molecule has 1 saturated heterocycles. The van der Waals surface area contributed by atoms with Gasteiger partial charge in [0.1, 0.15) is 15.6 Å². The number of carbonyl (C=O) groups is 1. The third kappa shape index (κ3) is 6.76. The van der Waals surface area contributed by atoms with Crippen molar-refractivity contribution in [3.05, 3.63) is 40.5 Å². The molecular weight excluding hydrogens is 475 g/mol. The second kappa shape index (κ2) is 9.57. The average molecular weight is 496 g/mol. The molecule has 2 aromatic rings. The second-order valence-electron chi connectivity index (χ2n) is 7.43. The Kier molecular flexibility index (Phi) is 7.23. The monoisotopic (exact) mass is 495 g/mol. The first kappa shape index (κ1) is 24.2. The van der Waals surface area contributed by atoms with Crippen LogP contribution in [0.5, 0.6) is 5.75 Å². The number of likely N-dealkylation sites (tertiary alicyclic amines) is 1. The van der Waals surface area contributed by atoms with Crippen LogP contribution in [-0.4, -0.2) is 62.4 Å². The van der Waals surface area contributed by atoms with Crippen molar-refractivity contribution in [2.24, 2.45) is 0 Å². The Balaban J connectivity index is 1.54. The van der Waals surface area contributed by atoms with E-state index in [2.05, 4.69) is 15.2 Å². The van der Waals surface area contributed by atoms with Gasteiger partial charge in [-0.2, -0.15) is 0 Å². The molecule has 1 aromatic heterocycles. The zero-order valence-electron chi connectivity index (χ0n) is 17.0. The van der Waals surface area contributed by atoms with E-state index in [0.29, 0.717) is 37.5 Å². The van der Waals surface area contributed by atoms with E-state index in [0.717, 1.165) is 18.4 Å². The van der Waals surface area contributed by atoms with E-state index in [1.165, 1.54) is 6.07 Å². The van der Waals surface area contributed by atoms with E-state index < -0.39 is 21.9 Å². The maximum atomic E-state index is 12.7. The fraction of sp³-hybridized carbons (Fsp3) is 0.474. The Hall–Kier alpha value is -2.47. The molecule has 0 spiro atoms. The third-order valence-electron chi connectivity index (χ3n) is 4.91. The number of halogens is 4. The van der Waals surface area contributed by atoms with Crippen molar-refractivity contribution in [3.63, 3.8) is 0 Å². The lowest BCUT2D eigenvalue weighted by molar-refractivity contribution is -0.274.